The third-order valence-corrected chi connectivity index (χ3v) is 6.40. The number of amides is 3. The molecule has 0 bridgehead atoms. The minimum atomic E-state index is -0.661. The maximum Gasteiger partial charge on any atom is 0.331 e. The Morgan fingerprint density at radius 1 is 1.27 bits per heavy atom. The Kier molecular flexibility index (Phi) is 9.47. The molecule has 2 unspecified atom stereocenters. The van der Waals surface area contributed by atoms with Gasteiger partial charge in [0.05, 0.1) is 12.7 Å². The molecule has 3 rings (SSSR count). The third kappa shape index (κ3) is 4.98. The van der Waals surface area contributed by atoms with Crippen molar-refractivity contribution in [3.05, 3.63) is 36.8 Å². The number of hydrogen-bond donors (Lipinski definition) is 1. The maximum atomic E-state index is 12.7. The average Bonchev–Trinajstić information content (AvgIpc) is 2.91. The Hall–Kier alpha value is -0.816. The molecular weight excluding hydrogens is 457 g/mol. The number of imide groups is 1. The van der Waals surface area contributed by atoms with Gasteiger partial charge >= 0.3 is 6.03 Å². The van der Waals surface area contributed by atoms with E-state index in [-0.39, 0.29) is 56.7 Å². The van der Waals surface area contributed by atoms with Gasteiger partial charge in [-0.25, -0.2) is 4.79 Å². The number of aliphatic hydroxyl groups is 1. The Morgan fingerprint density at radius 2 is 1.93 bits per heavy atom. The number of likely N-dealkylation sites (N-methyl/N-ethyl adjacent to an activating group) is 1. The second kappa shape index (κ2) is 11.2. The molecule has 2 aliphatic rings. The average molecular weight is 490 g/mol. The van der Waals surface area contributed by atoms with Gasteiger partial charge in [0.15, 0.2) is 0 Å². The van der Waals surface area contributed by atoms with Crippen molar-refractivity contribution in [2.75, 3.05) is 25.2 Å². The van der Waals surface area contributed by atoms with Crippen LogP contribution in [0.15, 0.2) is 24.3 Å². The minimum Gasteiger partial charge on any atom is -0.388 e. The van der Waals surface area contributed by atoms with Gasteiger partial charge < -0.3 is 16.8 Å². The number of hydrogen-bond acceptors (Lipinski definition) is 4. The van der Waals surface area contributed by atoms with E-state index >= 15 is 0 Å². The zero-order valence-corrected chi connectivity index (χ0v) is 21.0. The van der Waals surface area contributed by atoms with E-state index < -0.39 is 12.1 Å². The normalized spacial score (nSPS) is 21.4. The van der Waals surface area contributed by atoms with E-state index in [1.165, 1.54) is 18.4 Å². The molecule has 1 aromatic carbocycles. The van der Waals surface area contributed by atoms with Crippen molar-refractivity contribution in [3.8, 4) is 0 Å². The molecule has 0 spiro atoms. The zero-order chi connectivity index (χ0) is 21.0. The number of benzene rings is 1. The summed E-state index contributed by atoms with van der Waals surface area (Å²) in [6.45, 7) is 6.62. The first-order chi connectivity index (χ1) is 13.9. The molecule has 1 saturated heterocycles. The van der Waals surface area contributed by atoms with Crippen LogP contribution in [-0.4, -0.2) is 48.2 Å². The van der Waals surface area contributed by atoms with Crippen molar-refractivity contribution in [1.82, 2.24) is 4.90 Å². The van der Waals surface area contributed by atoms with Gasteiger partial charge in [0.25, 0.3) is 5.91 Å². The van der Waals surface area contributed by atoms with Gasteiger partial charge in [-0.15, -0.1) is 0 Å². The predicted octanol–water partition coefficient (Wildman–Crippen LogP) is 4.09. The van der Waals surface area contributed by atoms with E-state index in [1.54, 1.807) is 0 Å². The number of nitrogens with zero attached hydrogens (tertiary/aromatic N) is 2. The monoisotopic (exact) mass is 490 g/mol. The number of anilines is 1. The first-order valence-electron chi connectivity index (χ1n) is 10.7. The molecule has 30 heavy (non-hydrogen) atoms. The van der Waals surface area contributed by atoms with Gasteiger partial charge in [-0.05, 0) is 37.0 Å². The van der Waals surface area contributed by atoms with Gasteiger partial charge in [-0.3, -0.25) is 14.6 Å². The molecule has 7 heteroatoms. The largest absolute Gasteiger partial charge is 0.388 e. The van der Waals surface area contributed by atoms with Crippen LogP contribution in [-0.2, 0) is 42.2 Å². The van der Waals surface area contributed by atoms with E-state index in [9.17, 15) is 14.7 Å². The van der Waals surface area contributed by atoms with Crippen LogP contribution >= 0.6 is 0 Å². The van der Waals surface area contributed by atoms with E-state index in [4.69, 9.17) is 4.74 Å². The van der Waals surface area contributed by atoms with Crippen LogP contribution < -0.4 is 4.90 Å². The zero-order valence-electron chi connectivity index (χ0n) is 18.2. The van der Waals surface area contributed by atoms with Gasteiger partial charge in [-0.2, -0.15) is 6.42 Å². The molecular formula is C23H33N2O4Y-. The Bertz CT molecular complexity index is 720. The van der Waals surface area contributed by atoms with Crippen molar-refractivity contribution in [2.24, 2.45) is 5.41 Å². The smallest absolute Gasteiger partial charge is 0.331 e. The van der Waals surface area contributed by atoms with Crippen molar-refractivity contribution >= 4 is 17.6 Å². The first-order valence-corrected chi connectivity index (χ1v) is 10.7. The second-order valence-electron chi connectivity index (χ2n) is 8.31. The summed E-state index contributed by atoms with van der Waals surface area (Å²) in [5.41, 5.74) is 1.50. The quantitative estimate of drug-likeness (QED) is 0.305. The summed E-state index contributed by atoms with van der Waals surface area (Å²) in [6, 6.07) is 6.40. The van der Waals surface area contributed by atoms with Crippen LogP contribution in [0.4, 0.5) is 10.5 Å². The van der Waals surface area contributed by atoms with Crippen LogP contribution in [0.1, 0.15) is 63.5 Å². The predicted molar refractivity (Wildman–Crippen MR) is 112 cm³/mol. The van der Waals surface area contributed by atoms with Crippen molar-refractivity contribution in [1.29, 1.82) is 0 Å². The number of aliphatic hydroxyl groups excluding tert-OH is 1. The standard InChI is InChI=1S/C23H33N2O4.Y/c1-4-6-15-29-16-19-21(27)24(3)22(28)25(19)18-10-8-17(9-11-18)20(26)23(12-5-2)13-7-14-23;/h8-11,19-20,26H,1,4-7,12-16H2,2-3H3;/q-1;. The van der Waals surface area contributed by atoms with E-state index in [1.807, 2.05) is 24.3 Å². The summed E-state index contributed by atoms with van der Waals surface area (Å²) in [5, 5.41) is 11.0. The maximum absolute atomic E-state index is 12.7. The van der Waals surface area contributed by atoms with Crippen LogP contribution in [0.5, 0.6) is 0 Å². The number of ether oxygens (including phenoxy) is 1. The number of rotatable bonds is 10. The van der Waals surface area contributed by atoms with Crippen molar-refractivity contribution in [3.63, 3.8) is 0 Å². The summed E-state index contributed by atoms with van der Waals surface area (Å²) >= 11 is 0. The Labute approximate surface area is 205 Å². The summed E-state index contributed by atoms with van der Waals surface area (Å²) in [7, 11) is 1.50. The number of urea groups is 1. The number of unbranched alkanes of at least 4 members (excludes halogenated alkanes) is 1. The molecule has 1 radical (unpaired) electrons. The van der Waals surface area contributed by atoms with Gasteiger partial charge in [0, 0.05) is 57.5 Å². The molecule has 1 saturated carbocycles. The number of carbonyl (C=O) groups excluding carboxylic acids is 2. The molecule has 1 aromatic rings. The first kappa shape index (κ1) is 25.4. The van der Waals surface area contributed by atoms with E-state index in [0.717, 1.165) is 49.0 Å². The summed E-state index contributed by atoms with van der Waals surface area (Å²) in [5.74, 6) is -0.259. The summed E-state index contributed by atoms with van der Waals surface area (Å²) in [6.07, 6.45) is 6.45. The molecule has 6 nitrogen and oxygen atoms in total. The fourth-order valence-corrected chi connectivity index (χ4v) is 4.52. The molecule has 1 aliphatic heterocycles. The van der Waals surface area contributed by atoms with E-state index in [0.29, 0.717) is 12.3 Å². The molecule has 2 atom stereocenters. The van der Waals surface area contributed by atoms with Gasteiger partial charge in [0.2, 0.25) is 0 Å². The molecule has 1 heterocycles. The van der Waals surface area contributed by atoms with Crippen molar-refractivity contribution < 1.29 is 52.1 Å². The molecule has 2 fully saturated rings. The van der Waals surface area contributed by atoms with Gasteiger partial charge in [-0.1, -0.05) is 38.3 Å². The van der Waals surface area contributed by atoms with E-state index in [2.05, 4.69) is 13.8 Å². The topological polar surface area (TPSA) is 70.1 Å². The molecule has 163 valence electrons. The van der Waals surface area contributed by atoms with Crippen LogP contribution in [0, 0.1) is 12.3 Å². The fraction of sp³-hybridized carbons (Fsp3) is 0.609. The molecule has 1 N–H and O–H groups in total. The Morgan fingerprint density at radius 3 is 2.47 bits per heavy atom. The molecule has 0 aromatic heterocycles. The molecule has 1 aliphatic carbocycles. The Balaban J connectivity index is 0.00000320. The molecule has 3 amide bonds. The minimum absolute atomic E-state index is 0. The van der Waals surface area contributed by atoms with Crippen molar-refractivity contribution in [2.45, 2.75) is 64.0 Å². The summed E-state index contributed by atoms with van der Waals surface area (Å²) < 4.78 is 5.61. The van der Waals surface area contributed by atoms with Crippen LogP contribution in [0.3, 0.4) is 0 Å². The fourth-order valence-electron chi connectivity index (χ4n) is 4.52. The third-order valence-electron chi connectivity index (χ3n) is 6.40. The van der Waals surface area contributed by atoms with Crippen LogP contribution in [0.25, 0.3) is 0 Å². The number of carbonyl (C=O) groups is 2. The van der Waals surface area contributed by atoms with Crippen LogP contribution in [0.2, 0.25) is 0 Å². The second-order valence-corrected chi connectivity index (χ2v) is 8.31. The van der Waals surface area contributed by atoms with Gasteiger partial charge in [0.1, 0.15) is 6.04 Å². The SMILES string of the molecule is [CH2-]CCCOCC1C(=O)N(C)C(=O)N1c1ccc(C(O)C2(CCC)CCC2)cc1.[Y]. The summed E-state index contributed by atoms with van der Waals surface area (Å²) in [4.78, 5) is 27.8.